The Hall–Kier alpha value is -0.310. The Balaban J connectivity index is 2.89. The van der Waals surface area contributed by atoms with Crippen molar-refractivity contribution in [2.75, 3.05) is 6.54 Å². The molecule has 0 bridgehead atoms. The van der Waals surface area contributed by atoms with Crippen molar-refractivity contribution in [1.29, 1.82) is 0 Å². The normalized spacial score (nSPS) is 12.5. The molecule has 0 aliphatic carbocycles. The fraction of sp³-hybridized carbons (Fsp3) is 0.333. The monoisotopic (exact) mass is 287 g/mol. The van der Waals surface area contributed by atoms with Crippen LogP contribution >= 0.6 is 27.5 Å². The summed E-state index contributed by atoms with van der Waals surface area (Å²) in [5, 5.41) is 4.15. The van der Waals surface area contributed by atoms with Crippen LogP contribution in [0.2, 0.25) is 5.02 Å². The standard InChI is InChI=1S/C12H15BrClN/c1-3-5-12(15-4-2)9-6-7-11(14)10(13)8-9/h3,6-8,12,15H,1,4-5H2,2H3. The lowest BCUT2D eigenvalue weighted by atomic mass is 10.0. The fourth-order valence-electron chi connectivity index (χ4n) is 1.48. The molecule has 1 N–H and O–H groups in total. The summed E-state index contributed by atoms with van der Waals surface area (Å²) in [6.45, 7) is 6.81. The van der Waals surface area contributed by atoms with Crippen LogP contribution in [0.4, 0.5) is 0 Å². The van der Waals surface area contributed by atoms with E-state index in [0.717, 1.165) is 22.5 Å². The summed E-state index contributed by atoms with van der Waals surface area (Å²) in [7, 11) is 0. The molecule has 82 valence electrons. The van der Waals surface area contributed by atoms with E-state index in [4.69, 9.17) is 11.6 Å². The third-order valence-corrected chi connectivity index (χ3v) is 3.41. The van der Waals surface area contributed by atoms with E-state index in [1.54, 1.807) is 0 Å². The lowest BCUT2D eigenvalue weighted by Crippen LogP contribution is -2.20. The first-order valence-electron chi connectivity index (χ1n) is 4.98. The zero-order valence-electron chi connectivity index (χ0n) is 8.76. The van der Waals surface area contributed by atoms with Gasteiger partial charge in [0.05, 0.1) is 5.02 Å². The van der Waals surface area contributed by atoms with Gasteiger partial charge >= 0.3 is 0 Å². The molecule has 0 heterocycles. The minimum Gasteiger partial charge on any atom is -0.310 e. The molecule has 1 aromatic rings. The van der Waals surface area contributed by atoms with Crippen LogP contribution in [0.5, 0.6) is 0 Å². The minimum absolute atomic E-state index is 0.320. The molecule has 0 aliphatic rings. The first kappa shape index (κ1) is 12.8. The van der Waals surface area contributed by atoms with Gasteiger partial charge in [-0.2, -0.15) is 0 Å². The molecule has 0 spiro atoms. The lowest BCUT2D eigenvalue weighted by molar-refractivity contribution is 0.559. The molecule has 1 rings (SSSR count). The average molecular weight is 289 g/mol. The van der Waals surface area contributed by atoms with Gasteiger partial charge in [-0.3, -0.25) is 0 Å². The highest BCUT2D eigenvalue weighted by molar-refractivity contribution is 9.10. The lowest BCUT2D eigenvalue weighted by Gasteiger charge is -2.17. The van der Waals surface area contributed by atoms with Crippen LogP contribution in [0.1, 0.15) is 24.9 Å². The van der Waals surface area contributed by atoms with E-state index in [1.165, 1.54) is 5.56 Å². The number of hydrogen-bond donors (Lipinski definition) is 1. The first-order valence-corrected chi connectivity index (χ1v) is 6.15. The van der Waals surface area contributed by atoms with Crippen LogP contribution in [0, 0.1) is 0 Å². The molecule has 3 heteroatoms. The van der Waals surface area contributed by atoms with Crippen molar-refractivity contribution in [1.82, 2.24) is 5.32 Å². The van der Waals surface area contributed by atoms with Crippen molar-refractivity contribution in [3.63, 3.8) is 0 Å². The van der Waals surface area contributed by atoms with E-state index < -0.39 is 0 Å². The van der Waals surface area contributed by atoms with Gasteiger partial charge in [-0.25, -0.2) is 0 Å². The van der Waals surface area contributed by atoms with E-state index in [9.17, 15) is 0 Å². The van der Waals surface area contributed by atoms with Crippen LogP contribution < -0.4 is 5.32 Å². The minimum atomic E-state index is 0.320. The van der Waals surface area contributed by atoms with Crippen LogP contribution in [0.3, 0.4) is 0 Å². The number of rotatable bonds is 5. The first-order chi connectivity index (χ1) is 7.19. The Labute approximate surface area is 105 Å². The highest BCUT2D eigenvalue weighted by Crippen LogP contribution is 2.27. The maximum atomic E-state index is 5.95. The Morgan fingerprint density at radius 2 is 2.33 bits per heavy atom. The number of benzene rings is 1. The molecule has 0 radical (unpaired) electrons. The third-order valence-electron chi connectivity index (χ3n) is 2.20. The van der Waals surface area contributed by atoms with Gasteiger partial charge in [-0.05, 0) is 46.6 Å². The van der Waals surface area contributed by atoms with Crippen molar-refractivity contribution in [2.24, 2.45) is 0 Å². The van der Waals surface area contributed by atoms with Gasteiger partial charge in [0, 0.05) is 10.5 Å². The molecule has 0 amide bonds. The van der Waals surface area contributed by atoms with Gasteiger partial charge in [0.2, 0.25) is 0 Å². The maximum Gasteiger partial charge on any atom is 0.0548 e. The molecular formula is C12H15BrClN. The van der Waals surface area contributed by atoms with Gasteiger partial charge in [0.25, 0.3) is 0 Å². The highest BCUT2D eigenvalue weighted by atomic mass is 79.9. The van der Waals surface area contributed by atoms with Gasteiger partial charge in [-0.1, -0.05) is 30.7 Å². The number of halogens is 2. The summed E-state index contributed by atoms with van der Waals surface area (Å²) in [4.78, 5) is 0. The molecule has 1 aromatic carbocycles. The van der Waals surface area contributed by atoms with E-state index in [-0.39, 0.29) is 0 Å². The Kier molecular flexibility index (Phi) is 5.37. The number of hydrogen-bond acceptors (Lipinski definition) is 1. The van der Waals surface area contributed by atoms with E-state index in [0.29, 0.717) is 6.04 Å². The molecule has 0 aromatic heterocycles. The molecule has 1 atom stereocenters. The van der Waals surface area contributed by atoms with Gasteiger partial charge < -0.3 is 5.32 Å². The van der Waals surface area contributed by atoms with E-state index >= 15 is 0 Å². The zero-order chi connectivity index (χ0) is 11.3. The van der Waals surface area contributed by atoms with Crippen molar-refractivity contribution in [3.8, 4) is 0 Å². The van der Waals surface area contributed by atoms with Crippen molar-refractivity contribution < 1.29 is 0 Å². The summed E-state index contributed by atoms with van der Waals surface area (Å²) in [6.07, 6.45) is 2.84. The topological polar surface area (TPSA) is 12.0 Å². The quantitative estimate of drug-likeness (QED) is 0.795. The van der Waals surface area contributed by atoms with Crippen LogP contribution in [0.15, 0.2) is 35.3 Å². The summed E-state index contributed by atoms with van der Waals surface area (Å²) >= 11 is 9.38. The number of nitrogens with one attached hydrogen (secondary N) is 1. The third kappa shape index (κ3) is 3.63. The largest absolute Gasteiger partial charge is 0.310 e. The molecule has 1 unspecified atom stereocenters. The Morgan fingerprint density at radius 1 is 1.60 bits per heavy atom. The average Bonchev–Trinajstić information content (AvgIpc) is 2.22. The van der Waals surface area contributed by atoms with Crippen LogP contribution in [-0.4, -0.2) is 6.54 Å². The van der Waals surface area contributed by atoms with Gasteiger partial charge in [0.15, 0.2) is 0 Å². The molecule has 15 heavy (non-hydrogen) atoms. The molecule has 0 saturated heterocycles. The van der Waals surface area contributed by atoms with Crippen molar-refractivity contribution in [3.05, 3.63) is 45.9 Å². The van der Waals surface area contributed by atoms with Crippen molar-refractivity contribution in [2.45, 2.75) is 19.4 Å². The summed E-state index contributed by atoms with van der Waals surface area (Å²) in [5.41, 5.74) is 1.23. The smallest absolute Gasteiger partial charge is 0.0548 e. The van der Waals surface area contributed by atoms with E-state index in [1.807, 2.05) is 18.2 Å². The highest BCUT2D eigenvalue weighted by Gasteiger charge is 2.09. The summed E-state index contributed by atoms with van der Waals surface area (Å²) < 4.78 is 0.939. The zero-order valence-corrected chi connectivity index (χ0v) is 11.1. The van der Waals surface area contributed by atoms with Gasteiger partial charge in [-0.15, -0.1) is 6.58 Å². The maximum absolute atomic E-state index is 5.95. The van der Waals surface area contributed by atoms with Crippen LogP contribution in [-0.2, 0) is 0 Å². The predicted octanol–water partition coefficient (Wildman–Crippen LogP) is 4.33. The predicted molar refractivity (Wildman–Crippen MR) is 70.4 cm³/mol. The Bertz CT molecular complexity index is 338. The SMILES string of the molecule is C=CCC(NCC)c1ccc(Cl)c(Br)c1. The van der Waals surface area contributed by atoms with Crippen LogP contribution in [0.25, 0.3) is 0 Å². The van der Waals surface area contributed by atoms with E-state index in [2.05, 4.69) is 40.8 Å². The van der Waals surface area contributed by atoms with Crippen molar-refractivity contribution >= 4 is 27.5 Å². The second kappa shape index (κ2) is 6.31. The second-order valence-corrected chi connectivity index (χ2v) is 4.57. The second-order valence-electron chi connectivity index (χ2n) is 3.31. The molecule has 1 nitrogen and oxygen atoms in total. The Morgan fingerprint density at radius 3 is 2.87 bits per heavy atom. The molecular weight excluding hydrogens is 273 g/mol. The summed E-state index contributed by atoms with van der Waals surface area (Å²) in [5.74, 6) is 0. The molecule has 0 fully saturated rings. The van der Waals surface area contributed by atoms with Gasteiger partial charge in [0.1, 0.15) is 0 Å². The fourth-order valence-corrected chi connectivity index (χ4v) is 1.99. The summed E-state index contributed by atoms with van der Waals surface area (Å²) in [6, 6.07) is 6.33. The molecule has 0 saturated carbocycles. The molecule has 0 aliphatic heterocycles.